The number of aromatic nitrogens is 2. The van der Waals surface area contributed by atoms with Gasteiger partial charge in [-0.15, -0.1) is 10.2 Å². The Balaban J connectivity index is 1.78. The molecule has 28 heavy (non-hydrogen) atoms. The second-order valence-electron chi connectivity index (χ2n) is 7.06. The first-order valence-corrected chi connectivity index (χ1v) is 12.4. The van der Waals surface area contributed by atoms with Gasteiger partial charge in [0.15, 0.2) is 4.34 Å². The molecule has 0 saturated carbocycles. The van der Waals surface area contributed by atoms with Crippen LogP contribution in [0.4, 0.5) is 5.13 Å². The molecule has 3 rings (SSSR count). The SMILES string of the molecule is CCSc1nnc(NC(=O)c2cccc(S(=O)(=O)N3CC(C)CC(C)C3)c2)s1. The Hall–Kier alpha value is -1.49. The number of rotatable bonds is 6. The number of hydrogen-bond donors (Lipinski definition) is 1. The van der Waals surface area contributed by atoms with E-state index in [0.717, 1.165) is 16.5 Å². The fourth-order valence-electron chi connectivity index (χ4n) is 3.36. The van der Waals surface area contributed by atoms with E-state index in [-0.39, 0.29) is 10.5 Å². The number of carbonyl (C=O) groups is 1. The van der Waals surface area contributed by atoms with E-state index in [0.29, 0.717) is 30.1 Å². The molecule has 1 amide bonds. The largest absolute Gasteiger partial charge is 0.296 e. The molecular formula is C18H24N4O3S3. The van der Waals surface area contributed by atoms with Crippen LogP contribution in [0.15, 0.2) is 33.5 Å². The summed E-state index contributed by atoms with van der Waals surface area (Å²) in [5.41, 5.74) is 0.277. The molecule has 2 unspecified atom stereocenters. The Bertz CT molecular complexity index is 935. The summed E-state index contributed by atoms with van der Waals surface area (Å²) in [5, 5.41) is 11.0. The number of nitrogens with zero attached hydrogens (tertiary/aromatic N) is 3. The van der Waals surface area contributed by atoms with Crippen LogP contribution < -0.4 is 5.32 Å². The van der Waals surface area contributed by atoms with Crippen LogP contribution in [0.25, 0.3) is 0 Å². The van der Waals surface area contributed by atoms with E-state index in [1.165, 1.54) is 27.8 Å². The molecule has 152 valence electrons. The van der Waals surface area contributed by atoms with Crippen LogP contribution in [-0.2, 0) is 10.0 Å². The van der Waals surface area contributed by atoms with E-state index in [2.05, 4.69) is 29.4 Å². The van der Waals surface area contributed by atoms with Crippen LogP contribution in [0, 0.1) is 11.8 Å². The van der Waals surface area contributed by atoms with E-state index in [4.69, 9.17) is 0 Å². The minimum Gasteiger partial charge on any atom is -0.296 e. The molecule has 1 aliphatic rings. The molecule has 2 aromatic rings. The van der Waals surface area contributed by atoms with E-state index in [1.54, 1.807) is 23.9 Å². The molecule has 1 saturated heterocycles. The van der Waals surface area contributed by atoms with Crippen molar-refractivity contribution in [2.75, 3.05) is 24.2 Å². The molecule has 0 radical (unpaired) electrons. The van der Waals surface area contributed by atoms with Crippen molar-refractivity contribution in [3.05, 3.63) is 29.8 Å². The standard InChI is InChI=1S/C18H24N4O3S3/c1-4-26-18-21-20-17(27-18)19-16(23)14-6-5-7-15(9-14)28(24,25)22-10-12(2)8-13(3)11-22/h5-7,9,12-13H,4,8,10-11H2,1-3H3,(H,19,20,23). The zero-order chi connectivity index (χ0) is 20.3. The lowest BCUT2D eigenvalue weighted by atomic mass is 9.94. The first-order chi connectivity index (χ1) is 13.3. The Morgan fingerprint density at radius 2 is 2.00 bits per heavy atom. The molecule has 0 bridgehead atoms. The summed E-state index contributed by atoms with van der Waals surface area (Å²) in [7, 11) is -3.64. The van der Waals surface area contributed by atoms with Crippen LogP contribution in [-0.4, -0.2) is 47.7 Å². The lowest BCUT2D eigenvalue weighted by molar-refractivity contribution is 0.102. The van der Waals surface area contributed by atoms with Crippen molar-refractivity contribution in [3.63, 3.8) is 0 Å². The highest BCUT2D eigenvalue weighted by Crippen LogP contribution is 2.28. The fourth-order valence-corrected chi connectivity index (χ4v) is 6.73. The Labute approximate surface area is 174 Å². The second-order valence-corrected chi connectivity index (χ2v) is 11.5. The smallest absolute Gasteiger partial charge is 0.257 e. The highest BCUT2D eigenvalue weighted by atomic mass is 32.2. The van der Waals surface area contributed by atoms with Gasteiger partial charge in [-0.05, 0) is 42.2 Å². The first kappa shape index (κ1) is 21.2. The lowest BCUT2D eigenvalue weighted by Crippen LogP contribution is -2.42. The van der Waals surface area contributed by atoms with Crippen LogP contribution in [0.3, 0.4) is 0 Å². The Morgan fingerprint density at radius 1 is 1.29 bits per heavy atom. The normalized spacial score (nSPS) is 20.8. The number of piperidine rings is 1. The quantitative estimate of drug-likeness (QED) is 0.545. The maximum atomic E-state index is 13.1. The number of anilines is 1. The summed E-state index contributed by atoms with van der Waals surface area (Å²) in [6, 6.07) is 6.16. The van der Waals surface area contributed by atoms with Gasteiger partial charge in [0.05, 0.1) is 4.90 Å². The van der Waals surface area contributed by atoms with Crippen LogP contribution in [0.1, 0.15) is 37.6 Å². The second kappa shape index (κ2) is 8.89. The topological polar surface area (TPSA) is 92.3 Å². The van der Waals surface area contributed by atoms with Crippen LogP contribution >= 0.6 is 23.1 Å². The van der Waals surface area contributed by atoms with Gasteiger partial charge in [-0.3, -0.25) is 10.1 Å². The number of carbonyl (C=O) groups excluding carboxylic acids is 1. The summed E-state index contributed by atoms with van der Waals surface area (Å²) in [4.78, 5) is 12.7. The van der Waals surface area contributed by atoms with Crippen LogP contribution in [0.5, 0.6) is 0 Å². The van der Waals surface area contributed by atoms with Crippen molar-refractivity contribution in [2.24, 2.45) is 11.8 Å². The van der Waals surface area contributed by atoms with Gasteiger partial charge < -0.3 is 0 Å². The van der Waals surface area contributed by atoms with Gasteiger partial charge in [-0.1, -0.05) is 49.9 Å². The summed E-state index contributed by atoms with van der Waals surface area (Å²) in [5.74, 6) is 1.10. The molecule has 1 fully saturated rings. The number of amides is 1. The maximum Gasteiger partial charge on any atom is 0.257 e. The summed E-state index contributed by atoms with van der Waals surface area (Å²) < 4.78 is 28.4. The van der Waals surface area contributed by atoms with E-state index >= 15 is 0 Å². The van der Waals surface area contributed by atoms with Gasteiger partial charge in [-0.25, -0.2) is 8.42 Å². The van der Waals surface area contributed by atoms with Gasteiger partial charge in [-0.2, -0.15) is 4.31 Å². The molecule has 7 nitrogen and oxygen atoms in total. The van der Waals surface area contributed by atoms with Crippen LogP contribution in [0.2, 0.25) is 0 Å². The van der Waals surface area contributed by atoms with Crippen molar-refractivity contribution in [2.45, 2.75) is 36.4 Å². The average Bonchev–Trinajstić information content (AvgIpc) is 3.08. The molecule has 1 aliphatic heterocycles. The van der Waals surface area contributed by atoms with Crippen molar-refractivity contribution in [3.8, 4) is 0 Å². The van der Waals surface area contributed by atoms with Gasteiger partial charge in [0.2, 0.25) is 15.2 Å². The number of sulfonamides is 1. The lowest BCUT2D eigenvalue weighted by Gasteiger charge is -2.34. The third kappa shape index (κ3) is 4.91. The molecule has 2 atom stereocenters. The summed E-state index contributed by atoms with van der Waals surface area (Å²) >= 11 is 2.85. The zero-order valence-corrected chi connectivity index (χ0v) is 18.5. The summed E-state index contributed by atoms with van der Waals surface area (Å²) in [6.45, 7) is 7.15. The molecule has 10 heteroatoms. The molecule has 2 heterocycles. The molecular weight excluding hydrogens is 416 g/mol. The third-order valence-corrected chi connectivity index (χ3v) is 8.15. The molecule has 1 aromatic carbocycles. The maximum absolute atomic E-state index is 13.1. The van der Waals surface area contributed by atoms with Gasteiger partial charge in [0.25, 0.3) is 5.91 Å². The zero-order valence-electron chi connectivity index (χ0n) is 16.1. The van der Waals surface area contributed by atoms with Crippen molar-refractivity contribution in [1.29, 1.82) is 0 Å². The first-order valence-electron chi connectivity index (χ1n) is 9.17. The monoisotopic (exact) mass is 440 g/mol. The van der Waals surface area contributed by atoms with Crippen molar-refractivity contribution < 1.29 is 13.2 Å². The molecule has 1 N–H and O–H groups in total. The number of thioether (sulfide) groups is 1. The highest BCUT2D eigenvalue weighted by Gasteiger charge is 2.32. The molecule has 0 spiro atoms. The van der Waals surface area contributed by atoms with E-state index in [1.807, 2.05) is 6.92 Å². The predicted octanol–water partition coefficient (Wildman–Crippen LogP) is 3.57. The number of hydrogen-bond acceptors (Lipinski definition) is 7. The van der Waals surface area contributed by atoms with Crippen molar-refractivity contribution in [1.82, 2.24) is 14.5 Å². The average molecular weight is 441 g/mol. The van der Waals surface area contributed by atoms with E-state index < -0.39 is 15.9 Å². The van der Waals surface area contributed by atoms with Crippen molar-refractivity contribution >= 4 is 44.2 Å². The Kier molecular flexibility index (Phi) is 6.74. The van der Waals surface area contributed by atoms with Gasteiger partial charge in [0, 0.05) is 18.7 Å². The number of benzene rings is 1. The third-order valence-electron chi connectivity index (χ3n) is 4.46. The molecule has 1 aromatic heterocycles. The van der Waals surface area contributed by atoms with Gasteiger partial charge >= 0.3 is 0 Å². The van der Waals surface area contributed by atoms with Gasteiger partial charge in [0.1, 0.15) is 0 Å². The van der Waals surface area contributed by atoms with E-state index in [9.17, 15) is 13.2 Å². The highest BCUT2D eigenvalue weighted by molar-refractivity contribution is 8.01. The number of nitrogens with one attached hydrogen (secondary N) is 1. The molecule has 0 aliphatic carbocycles. The summed E-state index contributed by atoms with van der Waals surface area (Å²) in [6.07, 6.45) is 1.02. The fraction of sp³-hybridized carbons (Fsp3) is 0.500. The predicted molar refractivity (Wildman–Crippen MR) is 112 cm³/mol. The Morgan fingerprint density at radius 3 is 2.68 bits per heavy atom. The minimum absolute atomic E-state index is 0.140. The minimum atomic E-state index is -3.64.